The van der Waals surface area contributed by atoms with Crippen LogP contribution in [0.4, 0.5) is 4.79 Å². The standard InChI is InChI=1S/C30H33N3O4/c1-20(23-10-11-23)32(18-22-7-5-4-6-8-22)26(34)19-33-27(35)30(31-28(33)36)16-14-24-17-21(9-12-25(24)30)13-15-29(2,3)37/h4-9,12,17,20,23,37H,10-11,14,16,18-19H2,1-3H3,(H,31,36)/t20-,30?/m0/s1. The first-order valence-corrected chi connectivity index (χ1v) is 12.9. The van der Waals surface area contributed by atoms with Crippen LogP contribution in [0.5, 0.6) is 0 Å². The van der Waals surface area contributed by atoms with Crippen molar-refractivity contribution in [3.8, 4) is 11.8 Å². The van der Waals surface area contributed by atoms with Gasteiger partial charge in [0.1, 0.15) is 17.7 Å². The molecule has 2 aromatic rings. The smallest absolute Gasteiger partial charge is 0.325 e. The molecule has 0 aromatic heterocycles. The van der Waals surface area contributed by atoms with Crippen LogP contribution >= 0.6 is 0 Å². The van der Waals surface area contributed by atoms with Gasteiger partial charge in [-0.3, -0.25) is 14.5 Å². The molecule has 5 rings (SSSR count). The second kappa shape index (κ2) is 9.35. The molecule has 1 spiro atoms. The minimum atomic E-state index is -1.15. The molecular weight excluding hydrogens is 466 g/mol. The van der Waals surface area contributed by atoms with Crippen molar-refractivity contribution in [3.05, 3.63) is 70.8 Å². The highest BCUT2D eigenvalue weighted by Gasteiger charge is 2.56. The predicted molar refractivity (Wildman–Crippen MR) is 139 cm³/mol. The lowest BCUT2D eigenvalue weighted by molar-refractivity contribution is -0.141. The molecule has 1 unspecified atom stereocenters. The Morgan fingerprint density at radius 3 is 2.62 bits per heavy atom. The molecule has 7 heteroatoms. The van der Waals surface area contributed by atoms with E-state index in [9.17, 15) is 19.5 Å². The van der Waals surface area contributed by atoms with Crippen LogP contribution in [0.1, 0.15) is 62.3 Å². The third-order valence-electron chi connectivity index (χ3n) is 7.63. The number of carbonyl (C=O) groups excluding carboxylic acids is 3. The van der Waals surface area contributed by atoms with Crippen molar-refractivity contribution in [2.24, 2.45) is 5.92 Å². The second-order valence-electron chi connectivity index (χ2n) is 11.0. The molecule has 7 nitrogen and oxygen atoms in total. The number of hydrogen-bond donors (Lipinski definition) is 2. The highest BCUT2D eigenvalue weighted by molar-refractivity contribution is 6.10. The molecule has 37 heavy (non-hydrogen) atoms. The van der Waals surface area contributed by atoms with Gasteiger partial charge in [-0.25, -0.2) is 4.79 Å². The number of nitrogens with one attached hydrogen (secondary N) is 1. The minimum Gasteiger partial charge on any atom is -0.378 e. The average molecular weight is 500 g/mol. The van der Waals surface area contributed by atoms with E-state index in [2.05, 4.69) is 24.1 Å². The van der Waals surface area contributed by atoms with Crippen LogP contribution in [-0.2, 0) is 28.1 Å². The van der Waals surface area contributed by atoms with E-state index in [0.717, 1.165) is 40.0 Å². The number of amides is 4. The van der Waals surface area contributed by atoms with E-state index in [1.165, 1.54) is 0 Å². The zero-order valence-corrected chi connectivity index (χ0v) is 21.6. The summed E-state index contributed by atoms with van der Waals surface area (Å²) in [5.74, 6) is 5.63. The lowest BCUT2D eigenvalue weighted by Crippen LogP contribution is -2.47. The Kier molecular flexibility index (Phi) is 6.33. The van der Waals surface area contributed by atoms with E-state index in [1.54, 1.807) is 19.9 Å². The van der Waals surface area contributed by atoms with E-state index in [4.69, 9.17) is 0 Å². The van der Waals surface area contributed by atoms with Crippen LogP contribution in [0.15, 0.2) is 48.5 Å². The Balaban J connectivity index is 1.36. The molecule has 192 valence electrons. The van der Waals surface area contributed by atoms with Gasteiger partial charge in [0.25, 0.3) is 5.91 Å². The van der Waals surface area contributed by atoms with E-state index < -0.39 is 17.2 Å². The van der Waals surface area contributed by atoms with Gasteiger partial charge >= 0.3 is 6.03 Å². The fourth-order valence-electron chi connectivity index (χ4n) is 5.40. The third-order valence-corrected chi connectivity index (χ3v) is 7.63. The molecule has 2 atom stereocenters. The maximum Gasteiger partial charge on any atom is 0.325 e. The third kappa shape index (κ3) is 4.99. The monoisotopic (exact) mass is 499 g/mol. The molecule has 2 fully saturated rings. The molecule has 2 aromatic carbocycles. The zero-order chi connectivity index (χ0) is 26.4. The topological polar surface area (TPSA) is 90.0 Å². The molecule has 3 aliphatic rings. The lowest BCUT2D eigenvalue weighted by Gasteiger charge is -2.31. The first-order chi connectivity index (χ1) is 17.6. The molecule has 2 aliphatic carbocycles. The van der Waals surface area contributed by atoms with Gasteiger partial charge in [0.2, 0.25) is 5.91 Å². The number of nitrogens with zero attached hydrogens (tertiary/aromatic N) is 2. The van der Waals surface area contributed by atoms with Gasteiger partial charge in [-0.1, -0.05) is 48.2 Å². The van der Waals surface area contributed by atoms with Gasteiger partial charge < -0.3 is 15.3 Å². The Labute approximate surface area is 217 Å². The van der Waals surface area contributed by atoms with E-state index in [1.807, 2.05) is 47.4 Å². The van der Waals surface area contributed by atoms with Crippen LogP contribution in [0, 0.1) is 17.8 Å². The van der Waals surface area contributed by atoms with Gasteiger partial charge in [-0.05, 0) is 81.2 Å². The average Bonchev–Trinajstić information content (AvgIpc) is 3.62. The van der Waals surface area contributed by atoms with Crippen LogP contribution in [0.3, 0.4) is 0 Å². The number of aryl methyl sites for hydroxylation is 1. The molecule has 1 saturated heterocycles. The summed E-state index contributed by atoms with van der Waals surface area (Å²) in [6.07, 6.45) is 3.22. The highest BCUT2D eigenvalue weighted by Crippen LogP contribution is 2.42. The molecular formula is C30H33N3O4. The van der Waals surface area contributed by atoms with E-state index >= 15 is 0 Å². The molecule has 1 saturated carbocycles. The Hall–Kier alpha value is -3.63. The first-order valence-electron chi connectivity index (χ1n) is 12.9. The summed E-state index contributed by atoms with van der Waals surface area (Å²) in [5, 5.41) is 12.8. The summed E-state index contributed by atoms with van der Waals surface area (Å²) >= 11 is 0. The van der Waals surface area contributed by atoms with Crippen LogP contribution in [0.25, 0.3) is 0 Å². The number of imide groups is 1. The van der Waals surface area contributed by atoms with E-state index in [-0.39, 0.29) is 24.4 Å². The van der Waals surface area contributed by atoms with Crippen molar-refractivity contribution in [3.63, 3.8) is 0 Å². The Bertz CT molecular complexity index is 1300. The van der Waals surface area contributed by atoms with Gasteiger partial charge in [-0.2, -0.15) is 0 Å². The lowest BCUT2D eigenvalue weighted by atomic mass is 9.91. The number of rotatable bonds is 6. The van der Waals surface area contributed by atoms with Crippen molar-refractivity contribution in [2.75, 3.05) is 6.54 Å². The highest BCUT2D eigenvalue weighted by atomic mass is 16.3. The predicted octanol–water partition coefficient (Wildman–Crippen LogP) is 3.33. The van der Waals surface area contributed by atoms with Crippen molar-refractivity contribution >= 4 is 17.8 Å². The fraction of sp³-hybridized carbons (Fsp3) is 0.433. The SMILES string of the molecule is C[C@@H](C1CC1)N(Cc1ccccc1)C(=O)CN1C(=O)NC2(CCc3cc(C#CC(C)(C)O)ccc32)C1=O. The normalized spacial score (nSPS) is 21.4. The number of benzene rings is 2. The van der Waals surface area contributed by atoms with Crippen molar-refractivity contribution in [1.29, 1.82) is 0 Å². The largest absolute Gasteiger partial charge is 0.378 e. The molecule has 4 amide bonds. The summed E-state index contributed by atoms with van der Waals surface area (Å²) in [6, 6.07) is 14.9. The molecule has 0 bridgehead atoms. The number of fused-ring (bicyclic) bond motifs is 2. The summed E-state index contributed by atoms with van der Waals surface area (Å²) in [4.78, 5) is 43.2. The van der Waals surface area contributed by atoms with Gasteiger partial charge in [-0.15, -0.1) is 0 Å². The Morgan fingerprint density at radius 2 is 1.95 bits per heavy atom. The minimum absolute atomic E-state index is 0.0399. The van der Waals surface area contributed by atoms with Gasteiger partial charge in [0.05, 0.1) is 0 Å². The van der Waals surface area contributed by atoms with Crippen LogP contribution in [0.2, 0.25) is 0 Å². The van der Waals surface area contributed by atoms with Gasteiger partial charge in [0, 0.05) is 18.2 Å². The molecule has 0 radical (unpaired) electrons. The van der Waals surface area contributed by atoms with Crippen molar-refractivity contribution < 1.29 is 19.5 Å². The number of aliphatic hydroxyl groups is 1. The first kappa shape index (κ1) is 25.0. The fourth-order valence-corrected chi connectivity index (χ4v) is 5.40. The number of hydrogen-bond acceptors (Lipinski definition) is 4. The quantitative estimate of drug-likeness (QED) is 0.471. The van der Waals surface area contributed by atoms with Crippen molar-refractivity contribution in [2.45, 2.75) is 70.2 Å². The number of urea groups is 1. The second-order valence-corrected chi connectivity index (χ2v) is 11.0. The zero-order valence-electron chi connectivity index (χ0n) is 21.6. The van der Waals surface area contributed by atoms with Crippen LogP contribution < -0.4 is 5.32 Å². The van der Waals surface area contributed by atoms with Crippen molar-refractivity contribution in [1.82, 2.24) is 15.1 Å². The van der Waals surface area contributed by atoms with E-state index in [0.29, 0.717) is 25.3 Å². The van der Waals surface area contributed by atoms with Crippen LogP contribution in [-0.4, -0.2) is 50.9 Å². The summed E-state index contributed by atoms with van der Waals surface area (Å²) in [7, 11) is 0. The maximum absolute atomic E-state index is 13.7. The maximum atomic E-state index is 13.7. The molecule has 1 aliphatic heterocycles. The van der Waals surface area contributed by atoms with Gasteiger partial charge in [0.15, 0.2) is 0 Å². The number of carbonyl (C=O) groups is 3. The summed E-state index contributed by atoms with van der Waals surface area (Å²) in [5.41, 5.74) is 1.20. The Morgan fingerprint density at radius 1 is 1.22 bits per heavy atom. The molecule has 2 N–H and O–H groups in total. The molecule has 1 heterocycles. The summed E-state index contributed by atoms with van der Waals surface area (Å²) < 4.78 is 0. The summed E-state index contributed by atoms with van der Waals surface area (Å²) in [6.45, 7) is 5.47.